The van der Waals surface area contributed by atoms with Gasteiger partial charge in [0.2, 0.25) is 15.9 Å². The molecule has 160 valence electrons. The Morgan fingerprint density at radius 3 is 2.60 bits per heavy atom. The average molecular weight is 452 g/mol. The van der Waals surface area contributed by atoms with Crippen LogP contribution in [0.4, 0.5) is 9.39 Å². The zero-order valence-corrected chi connectivity index (χ0v) is 17.8. The topological polar surface area (TPSA) is 110 Å². The van der Waals surface area contributed by atoms with E-state index in [2.05, 4.69) is 5.32 Å². The molecule has 0 bridgehead atoms. The quantitative estimate of drug-likeness (QED) is 0.728. The number of carbonyl (C=O) groups is 2. The Morgan fingerprint density at radius 2 is 1.90 bits per heavy atom. The van der Waals surface area contributed by atoms with Gasteiger partial charge in [-0.3, -0.25) is 9.59 Å². The van der Waals surface area contributed by atoms with Crippen LogP contribution in [0, 0.1) is 11.7 Å². The van der Waals surface area contributed by atoms with Gasteiger partial charge in [0.25, 0.3) is 5.91 Å². The SMILES string of the molecule is NC(=O)c1c(NC(=O)C2CCCN(S(=O)(=O)c3ccc(F)cc3)C2)sc2c1CCC2. The van der Waals surface area contributed by atoms with Crippen LogP contribution in [0.15, 0.2) is 29.2 Å². The first-order chi connectivity index (χ1) is 14.3. The predicted octanol–water partition coefficient (Wildman–Crippen LogP) is 2.51. The summed E-state index contributed by atoms with van der Waals surface area (Å²) in [4.78, 5) is 25.9. The van der Waals surface area contributed by atoms with Crippen LogP contribution in [0.1, 0.15) is 40.1 Å². The standard InChI is InChI=1S/C20H22FN3O4S2/c21-13-6-8-14(9-7-13)30(27,28)24-10-2-3-12(11-24)19(26)23-20-17(18(22)25)15-4-1-5-16(15)29-20/h6-9,12H,1-5,10-11H2,(H2,22,25)(H,23,26). The zero-order valence-electron chi connectivity index (χ0n) is 16.2. The number of halogens is 1. The summed E-state index contributed by atoms with van der Waals surface area (Å²) in [6.45, 7) is 0.325. The molecule has 2 aromatic rings. The number of aryl methyl sites for hydroxylation is 1. The second-order valence-corrected chi connectivity index (χ2v) is 10.6. The first-order valence-corrected chi connectivity index (χ1v) is 12.0. The van der Waals surface area contributed by atoms with Gasteiger partial charge in [0.05, 0.1) is 16.4 Å². The second-order valence-electron chi connectivity index (χ2n) is 7.57. The Kier molecular flexibility index (Phi) is 5.65. The van der Waals surface area contributed by atoms with E-state index in [4.69, 9.17) is 5.73 Å². The predicted molar refractivity (Wildman–Crippen MR) is 111 cm³/mol. The maximum atomic E-state index is 13.1. The highest BCUT2D eigenvalue weighted by atomic mass is 32.2. The number of anilines is 1. The molecule has 1 aromatic carbocycles. The van der Waals surface area contributed by atoms with Crippen LogP contribution < -0.4 is 11.1 Å². The molecule has 0 radical (unpaired) electrons. The molecule has 2 aliphatic rings. The van der Waals surface area contributed by atoms with Crippen molar-refractivity contribution in [3.8, 4) is 0 Å². The number of hydrogen-bond acceptors (Lipinski definition) is 5. The van der Waals surface area contributed by atoms with E-state index in [1.54, 1.807) is 0 Å². The average Bonchev–Trinajstić information content (AvgIpc) is 3.29. The molecule has 3 N–H and O–H groups in total. The Hall–Kier alpha value is -2.30. The summed E-state index contributed by atoms with van der Waals surface area (Å²) in [5.41, 5.74) is 6.85. The summed E-state index contributed by atoms with van der Waals surface area (Å²) in [6.07, 6.45) is 3.67. The number of thiophene rings is 1. The van der Waals surface area contributed by atoms with Crippen molar-refractivity contribution in [2.24, 2.45) is 11.7 Å². The Labute approximate surface area is 178 Å². The van der Waals surface area contributed by atoms with E-state index < -0.39 is 27.7 Å². The van der Waals surface area contributed by atoms with Crippen molar-refractivity contribution in [2.45, 2.75) is 37.0 Å². The summed E-state index contributed by atoms with van der Waals surface area (Å²) in [6, 6.07) is 4.64. The highest BCUT2D eigenvalue weighted by Gasteiger charge is 2.34. The fraction of sp³-hybridized carbons (Fsp3) is 0.400. The van der Waals surface area contributed by atoms with Crippen LogP contribution in [0.25, 0.3) is 0 Å². The van der Waals surface area contributed by atoms with E-state index in [-0.39, 0.29) is 17.3 Å². The highest BCUT2D eigenvalue weighted by Crippen LogP contribution is 2.39. The molecule has 1 aliphatic heterocycles. The molecule has 1 aliphatic carbocycles. The van der Waals surface area contributed by atoms with E-state index in [9.17, 15) is 22.4 Å². The number of carbonyl (C=O) groups excluding carboxylic acids is 2. The molecule has 0 spiro atoms. The number of hydrogen-bond donors (Lipinski definition) is 2. The first kappa shape index (κ1) is 21.0. The Balaban J connectivity index is 1.51. The first-order valence-electron chi connectivity index (χ1n) is 9.78. The number of nitrogens with zero attached hydrogens (tertiary/aromatic N) is 1. The van der Waals surface area contributed by atoms with Crippen LogP contribution >= 0.6 is 11.3 Å². The van der Waals surface area contributed by atoms with Gasteiger partial charge in [-0.15, -0.1) is 11.3 Å². The second kappa shape index (κ2) is 8.09. The largest absolute Gasteiger partial charge is 0.365 e. The Morgan fingerprint density at radius 1 is 1.17 bits per heavy atom. The number of piperidine rings is 1. The van der Waals surface area contributed by atoms with E-state index in [1.807, 2.05) is 0 Å². The molecule has 2 amide bonds. The minimum absolute atomic E-state index is 0.00402. The number of amides is 2. The van der Waals surface area contributed by atoms with Crippen molar-refractivity contribution in [3.63, 3.8) is 0 Å². The van der Waals surface area contributed by atoms with Crippen molar-refractivity contribution in [2.75, 3.05) is 18.4 Å². The van der Waals surface area contributed by atoms with Crippen LogP contribution in [-0.2, 0) is 27.7 Å². The zero-order chi connectivity index (χ0) is 21.5. The maximum absolute atomic E-state index is 13.1. The number of fused-ring (bicyclic) bond motifs is 1. The minimum Gasteiger partial charge on any atom is -0.365 e. The van der Waals surface area contributed by atoms with Gasteiger partial charge in [0.1, 0.15) is 10.8 Å². The third-order valence-corrected chi connectivity index (χ3v) is 8.70. The monoisotopic (exact) mass is 451 g/mol. The summed E-state index contributed by atoms with van der Waals surface area (Å²) in [5, 5.41) is 3.27. The molecular formula is C20H22FN3O4S2. The van der Waals surface area contributed by atoms with Crippen molar-refractivity contribution in [1.29, 1.82) is 0 Å². The molecule has 1 atom stereocenters. The lowest BCUT2D eigenvalue weighted by Gasteiger charge is -2.31. The van der Waals surface area contributed by atoms with E-state index in [0.717, 1.165) is 41.8 Å². The summed E-state index contributed by atoms with van der Waals surface area (Å²) < 4.78 is 40.2. The smallest absolute Gasteiger partial charge is 0.251 e. The molecule has 10 heteroatoms. The number of rotatable bonds is 5. The molecule has 1 unspecified atom stereocenters. The van der Waals surface area contributed by atoms with Gasteiger partial charge in [-0.05, 0) is 61.9 Å². The van der Waals surface area contributed by atoms with E-state index >= 15 is 0 Å². The van der Waals surface area contributed by atoms with Crippen LogP contribution in [0.3, 0.4) is 0 Å². The lowest BCUT2D eigenvalue weighted by molar-refractivity contribution is -0.120. The highest BCUT2D eigenvalue weighted by molar-refractivity contribution is 7.89. The molecule has 1 fully saturated rings. The molecule has 2 heterocycles. The van der Waals surface area contributed by atoms with Crippen molar-refractivity contribution < 1.29 is 22.4 Å². The number of sulfonamides is 1. The minimum atomic E-state index is -3.82. The van der Waals surface area contributed by atoms with Crippen LogP contribution in [0.2, 0.25) is 0 Å². The van der Waals surface area contributed by atoms with Gasteiger partial charge < -0.3 is 11.1 Å². The van der Waals surface area contributed by atoms with Crippen molar-refractivity contribution in [3.05, 3.63) is 46.1 Å². The number of nitrogens with two attached hydrogens (primary N) is 1. The number of nitrogens with one attached hydrogen (secondary N) is 1. The lowest BCUT2D eigenvalue weighted by atomic mass is 9.99. The Bertz CT molecular complexity index is 1100. The molecule has 4 rings (SSSR count). The lowest BCUT2D eigenvalue weighted by Crippen LogP contribution is -2.43. The van der Waals surface area contributed by atoms with Crippen molar-refractivity contribution in [1.82, 2.24) is 4.31 Å². The summed E-state index contributed by atoms with van der Waals surface area (Å²) in [7, 11) is -3.82. The molecule has 7 nitrogen and oxygen atoms in total. The van der Waals surface area contributed by atoms with E-state index in [0.29, 0.717) is 30.0 Å². The summed E-state index contributed by atoms with van der Waals surface area (Å²) >= 11 is 1.37. The fourth-order valence-electron chi connectivity index (χ4n) is 4.10. The van der Waals surface area contributed by atoms with Gasteiger partial charge in [0, 0.05) is 18.0 Å². The third-order valence-electron chi connectivity index (χ3n) is 5.61. The van der Waals surface area contributed by atoms with Crippen molar-refractivity contribution >= 4 is 38.2 Å². The van der Waals surface area contributed by atoms with Crippen LogP contribution in [-0.4, -0.2) is 37.6 Å². The van der Waals surface area contributed by atoms with Gasteiger partial charge in [0.15, 0.2) is 0 Å². The fourth-order valence-corrected chi connectivity index (χ4v) is 6.92. The van der Waals surface area contributed by atoms with Crippen LogP contribution in [0.5, 0.6) is 0 Å². The van der Waals surface area contributed by atoms with Gasteiger partial charge in [-0.25, -0.2) is 12.8 Å². The number of primary amides is 1. The normalized spacial score (nSPS) is 19.4. The van der Waals surface area contributed by atoms with E-state index in [1.165, 1.54) is 27.8 Å². The maximum Gasteiger partial charge on any atom is 0.251 e. The number of benzene rings is 1. The summed E-state index contributed by atoms with van der Waals surface area (Å²) in [5.74, 6) is -1.95. The molecule has 1 aromatic heterocycles. The molecule has 30 heavy (non-hydrogen) atoms. The van der Waals surface area contributed by atoms with Gasteiger partial charge in [-0.1, -0.05) is 0 Å². The van der Waals surface area contributed by atoms with Gasteiger partial charge in [-0.2, -0.15) is 4.31 Å². The molecular weight excluding hydrogens is 429 g/mol. The van der Waals surface area contributed by atoms with Gasteiger partial charge >= 0.3 is 0 Å². The molecule has 1 saturated heterocycles. The third kappa shape index (κ3) is 3.86. The molecule has 0 saturated carbocycles.